The monoisotopic (exact) mass is 392 g/mol. The molecule has 2 nitrogen and oxygen atoms in total. The van der Waals surface area contributed by atoms with Crippen LogP contribution in [0.25, 0.3) is 0 Å². The summed E-state index contributed by atoms with van der Waals surface area (Å²) in [4.78, 5) is 0. The van der Waals surface area contributed by atoms with Gasteiger partial charge in [0.1, 0.15) is 0 Å². The highest BCUT2D eigenvalue weighted by molar-refractivity contribution is 6.99. The number of terminal acetylenes is 1. The highest BCUT2D eigenvalue weighted by Crippen LogP contribution is 2.38. The van der Waals surface area contributed by atoms with Gasteiger partial charge in [-0.3, -0.25) is 0 Å². The molecule has 0 heterocycles. The second-order valence-electron chi connectivity index (χ2n) is 8.23. The number of hydrogen-bond donors (Lipinski definition) is 1. The molecule has 2 aromatic rings. The summed E-state index contributed by atoms with van der Waals surface area (Å²) in [5.41, 5.74) is 0. The lowest BCUT2D eigenvalue weighted by Crippen LogP contribution is -2.67. The summed E-state index contributed by atoms with van der Waals surface area (Å²) >= 11 is 0. The third-order valence-corrected chi connectivity index (χ3v) is 10.2. The summed E-state index contributed by atoms with van der Waals surface area (Å²) in [6.45, 7) is 10.5. The first-order valence-corrected chi connectivity index (χ1v) is 11.8. The molecule has 28 heavy (non-hydrogen) atoms. The normalized spacial score (nSPS) is 14.1. The van der Waals surface area contributed by atoms with E-state index in [0.29, 0.717) is 19.3 Å². The van der Waals surface area contributed by atoms with Gasteiger partial charge in [-0.05, 0) is 28.3 Å². The van der Waals surface area contributed by atoms with Crippen molar-refractivity contribution < 1.29 is 9.53 Å². The van der Waals surface area contributed by atoms with Gasteiger partial charge in [-0.1, -0.05) is 87.5 Å². The SMILES string of the molecule is C#CC[C@@H](C[C@H](O)CC=C)O[Si](c1ccccc1)(c1ccccc1)C(C)(C)C. The summed E-state index contributed by atoms with van der Waals surface area (Å²) < 4.78 is 7.03. The van der Waals surface area contributed by atoms with Gasteiger partial charge in [0, 0.05) is 6.42 Å². The third kappa shape index (κ3) is 5.02. The van der Waals surface area contributed by atoms with Crippen LogP contribution in [0.2, 0.25) is 5.04 Å². The van der Waals surface area contributed by atoms with E-state index in [1.54, 1.807) is 6.08 Å². The smallest absolute Gasteiger partial charge is 0.261 e. The maximum Gasteiger partial charge on any atom is 0.261 e. The molecule has 2 atom stereocenters. The van der Waals surface area contributed by atoms with Crippen LogP contribution in [-0.4, -0.2) is 25.6 Å². The van der Waals surface area contributed by atoms with Crippen LogP contribution in [0.5, 0.6) is 0 Å². The number of rotatable bonds is 9. The molecule has 0 aliphatic carbocycles. The van der Waals surface area contributed by atoms with Crippen molar-refractivity contribution in [2.75, 3.05) is 0 Å². The maximum atomic E-state index is 10.4. The average Bonchev–Trinajstić information content (AvgIpc) is 2.66. The van der Waals surface area contributed by atoms with Crippen LogP contribution < -0.4 is 10.4 Å². The van der Waals surface area contributed by atoms with Crippen molar-refractivity contribution in [3.8, 4) is 12.3 Å². The summed E-state index contributed by atoms with van der Waals surface area (Å²) in [5.74, 6) is 2.75. The molecular weight excluding hydrogens is 360 g/mol. The first kappa shape index (κ1) is 22.2. The minimum Gasteiger partial charge on any atom is -0.403 e. The standard InChI is InChI=1S/C25H32O2Si/c1-6-14-21(26)20-22(15-7-2)27-28(25(3,4)5,23-16-10-8-11-17-23)24-18-12-9-13-19-24/h2,6,8-13,16-19,21-22,26H,1,14-15,20H2,3-5H3/t21-,22+/m1/s1. The van der Waals surface area contributed by atoms with Crippen LogP contribution in [0.4, 0.5) is 0 Å². The molecular formula is C25H32O2Si. The van der Waals surface area contributed by atoms with Crippen molar-refractivity contribution >= 4 is 18.7 Å². The van der Waals surface area contributed by atoms with Crippen LogP contribution in [0.15, 0.2) is 73.3 Å². The van der Waals surface area contributed by atoms with E-state index in [-0.39, 0.29) is 11.1 Å². The van der Waals surface area contributed by atoms with Crippen LogP contribution in [0.3, 0.4) is 0 Å². The molecule has 1 N–H and O–H groups in total. The molecule has 0 aliphatic rings. The van der Waals surface area contributed by atoms with E-state index >= 15 is 0 Å². The summed E-state index contributed by atoms with van der Waals surface area (Å²) in [6, 6.07) is 21.0. The topological polar surface area (TPSA) is 29.5 Å². The first-order valence-electron chi connectivity index (χ1n) is 9.86. The van der Waals surface area contributed by atoms with Gasteiger partial charge in [0.15, 0.2) is 0 Å². The average molecular weight is 393 g/mol. The summed E-state index contributed by atoms with van der Waals surface area (Å²) in [5, 5.41) is 12.7. The van der Waals surface area contributed by atoms with Crippen LogP contribution in [-0.2, 0) is 4.43 Å². The minimum absolute atomic E-state index is 0.119. The molecule has 0 fully saturated rings. The highest BCUT2D eigenvalue weighted by atomic mass is 28.4. The molecule has 0 saturated carbocycles. The first-order chi connectivity index (χ1) is 13.3. The lowest BCUT2D eigenvalue weighted by Gasteiger charge is -2.45. The molecule has 3 heteroatoms. The zero-order chi connectivity index (χ0) is 20.6. The Morgan fingerprint density at radius 3 is 1.96 bits per heavy atom. The number of hydrogen-bond acceptors (Lipinski definition) is 2. The number of benzene rings is 2. The molecule has 2 aromatic carbocycles. The third-order valence-electron chi connectivity index (χ3n) is 5.08. The Kier molecular flexibility index (Phi) is 7.83. The highest BCUT2D eigenvalue weighted by Gasteiger charge is 2.51. The molecule has 0 aromatic heterocycles. The van der Waals surface area contributed by atoms with Gasteiger partial charge < -0.3 is 9.53 Å². The predicted octanol–water partition coefficient (Wildman–Crippen LogP) is 4.28. The van der Waals surface area contributed by atoms with Gasteiger partial charge in [0.05, 0.1) is 12.2 Å². The van der Waals surface area contributed by atoms with Crippen molar-refractivity contribution in [2.45, 2.75) is 57.3 Å². The second kappa shape index (κ2) is 9.89. The minimum atomic E-state index is -2.67. The van der Waals surface area contributed by atoms with Crippen molar-refractivity contribution in [1.82, 2.24) is 0 Å². The molecule has 0 aliphatic heterocycles. The van der Waals surface area contributed by atoms with Gasteiger partial charge in [-0.2, -0.15) is 0 Å². The van der Waals surface area contributed by atoms with E-state index in [0.717, 1.165) is 0 Å². The molecule has 0 saturated heterocycles. The number of aliphatic hydroxyl groups is 1. The second-order valence-corrected chi connectivity index (χ2v) is 12.5. The van der Waals surface area contributed by atoms with Crippen molar-refractivity contribution in [3.63, 3.8) is 0 Å². The zero-order valence-corrected chi connectivity index (χ0v) is 18.3. The van der Waals surface area contributed by atoms with Crippen LogP contribution >= 0.6 is 0 Å². The van der Waals surface area contributed by atoms with E-state index < -0.39 is 14.4 Å². The molecule has 0 amide bonds. The summed E-state index contributed by atoms with van der Waals surface area (Å²) in [7, 11) is -2.67. The van der Waals surface area contributed by atoms with Gasteiger partial charge >= 0.3 is 0 Å². The Morgan fingerprint density at radius 1 is 1.07 bits per heavy atom. The summed E-state index contributed by atoms with van der Waals surface area (Å²) in [6.07, 6.45) is 8.19. The fourth-order valence-corrected chi connectivity index (χ4v) is 8.53. The van der Waals surface area contributed by atoms with Crippen molar-refractivity contribution in [1.29, 1.82) is 0 Å². The lowest BCUT2D eigenvalue weighted by molar-refractivity contribution is 0.0930. The van der Waals surface area contributed by atoms with Crippen molar-refractivity contribution in [2.24, 2.45) is 0 Å². The van der Waals surface area contributed by atoms with Crippen LogP contribution in [0.1, 0.15) is 40.0 Å². The fraction of sp³-hybridized carbons (Fsp3) is 0.360. The lowest BCUT2D eigenvalue weighted by atomic mass is 10.1. The van der Waals surface area contributed by atoms with Gasteiger partial charge in [0.25, 0.3) is 8.32 Å². The fourth-order valence-electron chi connectivity index (χ4n) is 3.84. The van der Waals surface area contributed by atoms with Gasteiger partial charge in [0.2, 0.25) is 0 Å². The molecule has 0 bridgehead atoms. The largest absolute Gasteiger partial charge is 0.403 e. The Morgan fingerprint density at radius 2 is 1.57 bits per heavy atom. The Labute approximate surface area is 171 Å². The number of aliphatic hydroxyl groups excluding tert-OH is 1. The molecule has 148 valence electrons. The molecule has 0 spiro atoms. The zero-order valence-electron chi connectivity index (χ0n) is 17.3. The van der Waals surface area contributed by atoms with E-state index in [4.69, 9.17) is 10.8 Å². The molecule has 2 rings (SSSR count). The molecule has 0 unspecified atom stereocenters. The molecule has 0 radical (unpaired) electrons. The van der Waals surface area contributed by atoms with Crippen molar-refractivity contribution in [3.05, 3.63) is 73.3 Å². The van der Waals surface area contributed by atoms with Gasteiger partial charge in [-0.25, -0.2) is 0 Å². The van der Waals surface area contributed by atoms with E-state index in [1.165, 1.54) is 10.4 Å². The maximum absolute atomic E-state index is 10.4. The Bertz CT molecular complexity index is 732. The predicted molar refractivity (Wildman–Crippen MR) is 121 cm³/mol. The Balaban J connectivity index is 2.59. The van der Waals surface area contributed by atoms with Gasteiger partial charge in [-0.15, -0.1) is 18.9 Å². The van der Waals surface area contributed by atoms with Crippen LogP contribution in [0, 0.1) is 12.3 Å². The van der Waals surface area contributed by atoms with E-state index in [1.807, 2.05) is 12.1 Å². The van der Waals surface area contributed by atoms with E-state index in [9.17, 15) is 5.11 Å². The quantitative estimate of drug-likeness (QED) is 0.392. The van der Waals surface area contributed by atoms with E-state index in [2.05, 4.69) is 81.8 Å². The Hall–Kier alpha value is -2.12.